The van der Waals surface area contributed by atoms with Crippen molar-refractivity contribution in [3.63, 3.8) is 0 Å². The Morgan fingerprint density at radius 3 is 1.88 bits per heavy atom. The van der Waals surface area contributed by atoms with E-state index >= 15 is 0 Å². The maximum Gasteiger partial charge on any atom is 0.490 e. The molecule has 0 radical (unpaired) electrons. The highest BCUT2D eigenvalue weighted by Crippen LogP contribution is 2.58. The molecule has 4 rings (SSSR count). The van der Waals surface area contributed by atoms with Crippen LogP contribution < -0.4 is 16.4 Å². The lowest BCUT2D eigenvalue weighted by Gasteiger charge is -2.36. The van der Waals surface area contributed by atoms with E-state index in [0.717, 1.165) is 0 Å². The molecule has 0 spiro atoms. The summed E-state index contributed by atoms with van der Waals surface area (Å²) in [6.07, 6.45) is -15.7. The number of halogens is 13. The molecule has 272 valence electrons. The van der Waals surface area contributed by atoms with E-state index in [-0.39, 0.29) is 35.7 Å². The number of hydrogen-bond acceptors (Lipinski definition) is 5. The van der Waals surface area contributed by atoms with Crippen molar-refractivity contribution in [1.82, 2.24) is 14.5 Å². The number of carboxylic acid groups (broad SMARTS) is 1. The van der Waals surface area contributed by atoms with Gasteiger partial charge in [0.05, 0.1) is 11.1 Å². The molecule has 2 aromatic heterocycles. The van der Waals surface area contributed by atoms with Gasteiger partial charge in [-0.25, -0.2) is 28.3 Å². The number of nitrogens with one attached hydrogen (secondary N) is 2. The number of fused-ring (bicyclic) bond motifs is 1. The minimum atomic E-state index is -6.97. The summed E-state index contributed by atoms with van der Waals surface area (Å²) in [7, 11) is 0. The van der Waals surface area contributed by atoms with E-state index in [1.807, 2.05) is 18.4 Å². The van der Waals surface area contributed by atoms with Gasteiger partial charge in [-0.2, -0.15) is 48.3 Å². The van der Waals surface area contributed by atoms with E-state index in [0.29, 0.717) is 22.2 Å². The summed E-state index contributed by atoms with van der Waals surface area (Å²) in [4.78, 5) is 29.6. The fourth-order valence-electron chi connectivity index (χ4n) is 4.29. The number of carboxylic acids is 1. The summed E-state index contributed by atoms with van der Waals surface area (Å²) >= 11 is 0. The molecule has 0 aliphatic heterocycles. The number of benzene rings is 2. The number of aromatic nitrogens is 3. The van der Waals surface area contributed by atoms with Crippen LogP contribution in [0.3, 0.4) is 0 Å². The van der Waals surface area contributed by atoms with E-state index in [2.05, 4.69) is 15.3 Å². The number of alkyl halides is 12. The van der Waals surface area contributed by atoms with Crippen LogP contribution in [0.25, 0.3) is 22.2 Å². The first kappa shape index (κ1) is 39.1. The van der Waals surface area contributed by atoms with Crippen molar-refractivity contribution in [2.75, 3.05) is 16.4 Å². The second-order valence-electron chi connectivity index (χ2n) is 10.4. The third-order valence-corrected chi connectivity index (χ3v) is 6.68. The number of anilines is 3. The molecule has 5 N–H and O–H groups in total. The van der Waals surface area contributed by atoms with E-state index < -0.39 is 59.2 Å². The molecule has 2 amide bonds. The van der Waals surface area contributed by atoms with Crippen molar-refractivity contribution in [2.24, 2.45) is 0 Å². The van der Waals surface area contributed by atoms with Crippen molar-refractivity contribution in [2.45, 2.75) is 50.0 Å². The highest BCUT2D eigenvalue weighted by atomic mass is 19.4. The van der Waals surface area contributed by atoms with Gasteiger partial charge in [0.1, 0.15) is 23.6 Å². The molecule has 1 atom stereocenters. The number of nitrogens with two attached hydrogens (primary N) is 1. The molecule has 2 aromatic carbocycles. The number of carbonyl (C=O) groups excluding carboxylic acids is 1. The van der Waals surface area contributed by atoms with Crippen LogP contribution in [-0.2, 0) is 10.5 Å². The second-order valence-corrected chi connectivity index (χ2v) is 10.4. The van der Waals surface area contributed by atoms with Gasteiger partial charge in [-0.1, -0.05) is 18.2 Å². The number of amides is 2. The van der Waals surface area contributed by atoms with Crippen molar-refractivity contribution in [3.8, 4) is 11.1 Å². The zero-order valence-electron chi connectivity index (χ0n) is 24.9. The molecular formula is C28H21F13N6O3. The lowest BCUT2D eigenvalue weighted by atomic mass is 9.87. The maximum atomic E-state index is 14.8. The van der Waals surface area contributed by atoms with E-state index in [1.165, 1.54) is 18.5 Å². The first-order chi connectivity index (χ1) is 22.7. The summed E-state index contributed by atoms with van der Waals surface area (Å²) in [5, 5.41) is 11.6. The Hall–Kier alpha value is -5.31. The van der Waals surface area contributed by atoms with Crippen LogP contribution in [0.5, 0.6) is 0 Å². The maximum absolute atomic E-state index is 14.8. The van der Waals surface area contributed by atoms with E-state index in [4.69, 9.17) is 15.6 Å². The van der Waals surface area contributed by atoms with Gasteiger partial charge >= 0.3 is 42.1 Å². The number of carbonyl (C=O) groups is 2. The Morgan fingerprint density at radius 2 is 1.40 bits per heavy atom. The summed E-state index contributed by atoms with van der Waals surface area (Å²) in [6.45, 7) is 3.84. The number of rotatable bonds is 6. The highest BCUT2D eigenvalue weighted by molar-refractivity contribution is 6.02. The Labute approximate surface area is 270 Å². The first-order valence-electron chi connectivity index (χ1n) is 13.3. The van der Waals surface area contributed by atoms with Crippen LogP contribution in [-0.4, -0.2) is 56.1 Å². The Kier molecular flexibility index (Phi) is 10.6. The minimum absolute atomic E-state index is 0.00691. The Balaban J connectivity index is 0.000000872. The van der Waals surface area contributed by atoms with Crippen molar-refractivity contribution >= 4 is 40.2 Å². The largest absolute Gasteiger partial charge is 0.490 e. The Morgan fingerprint density at radius 1 is 0.840 bits per heavy atom. The van der Waals surface area contributed by atoms with Crippen molar-refractivity contribution in [3.05, 3.63) is 66.4 Å². The molecule has 0 aliphatic rings. The van der Waals surface area contributed by atoms with Gasteiger partial charge < -0.3 is 26.0 Å². The summed E-state index contributed by atoms with van der Waals surface area (Å²) in [5.41, 5.74) is -1.97. The van der Waals surface area contributed by atoms with Crippen molar-refractivity contribution in [1.29, 1.82) is 0 Å². The first-order valence-corrected chi connectivity index (χ1v) is 13.3. The molecular weight excluding hydrogens is 715 g/mol. The van der Waals surface area contributed by atoms with Crippen LogP contribution in [0.4, 0.5) is 79.1 Å². The topological polar surface area (TPSA) is 135 Å². The highest BCUT2D eigenvalue weighted by Gasteiger charge is 2.81. The molecule has 2 heterocycles. The predicted molar refractivity (Wildman–Crippen MR) is 150 cm³/mol. The summed E-state index contributed by atoms with van der Waals surface area (Å²) in [5.74, 6) is -11.1. The van der Waals surface area contributed by atoms with Gasteiger partial charge in [-0.15, -0.1) is 0 Å². The standard InChI is InChI=1S/C26H20F10N6O.C2HF3O2/c1-12(2)42-10-16(19-20(37)38-11-39-21(19)42)13-3-6-15(7-4-13)40-22(43)41-18-9-14(5-8-17(18)27)23(28,25(31,32)33)24(29,30)26(34,35)36;3-2(4,5)1(6)7/h3-12H,1-2H3,(H2,37,38,39)(H2,40,41,43);(H,6,7). The number of urea groups is 1. The van der Waals surface area contributed by atoms with Gasteiger partial charge in [0, 0.05) is 29.1 Å². The van der Waals surface area contributed by atoms with Gasteiger partial charge in [-0.3, -0.25) is 0 Å². The number of aliphatic carboxylic acids is 1. The molecule has 0 bridgehead atoms. The molecule has 4 aromatic rings. The molecule has 50 heavy (non-hydrogen) atoms. The Bertz CT molecular complexity index is 1870. The number of nitrogens with zero attached hydrogens (tertiary/aromatic N) is 3. The smallest absolute Gasteiger partial charge is 0.475 e. The van der Waals surface area contributed by atoms with Crippen LogP contribution >= 0.6 is 0 Å². The summed E-state index contributed by atoms with van der Waals surface area (Å²) < 4.78 is 169. The second kappa shape index (κ2) is 13.5. The normalized spacial score (nSPS) is 13.8. The lowest BCUT2D eigenvalue weighted by molar-refractivity contribution is -0.389. The van der Waals surface area contributed by atoms with Crippen LogP contribution in [0.2, 0.25) is 0 Å². The molecule has 9 nitrogen and oxygen atoms in total. The minimum Gasteiger partial charge on any atom is -0.475 e. The average molecular weight is 736 g/mol. The average Bonchev–Trinajstić information content (AvgIpc) is 3.38. The molecule has 0 fully saturated rings. The zero-order chi connectivity index (χ0) is 38.2. The van der Waals surface area contributed by atoms with Crippen molar-refractivity contribution < 1.29 is 71.8 Å². The molecule has 1 unspecified atom stereocenters. The van der Waals surface area contributed by atoms with Crippen LogP contribution in [0.1, 0.15) is 25.5 Å². The molecule has 22 heteroatoms. The quantitative estimate of drug-likeness (QED) is 0.147. The van der Waals surface area contributed by atoms with Crippen LogP contribution in [0.15, 0.2) is 55.0 Å². The lowest BCUT2D eigenvalue weighted by Crippen LogP contribution is -2.59. The zero-order valence-corrected chi connectivity index (χ0v) is 24.9. The van der Waals surface area contributed by atoms with Gasteiger partial charge in [0.15, 0.2) is 0 Å². The fourth-order valence-corrected chi connectivity index (χ4v) is 4.29. The van der Waals surface area contributed by atoms with E-state index in [1.54, 1.807) is 23.6 Å². The fraction of sp³-hybridized carbons (Fsp3) is 0.286. The number of nitrogen functional groups attached to an aromatic ring is 1. The molecule has 0 saturated carbocycles. The summed E-state index contributed by atoms with van der Waals surface area (Å²) in [6, 6.07) is 4.01. The van der Waals surface area contributed by atoms with E-state index in [9.17, 15) is 61.9 Å². The third kappa shape index (κ3) is 7.62. The SMILES string of the molecule is CC(C)n1cc(-c2ccc(NC(=O)Nc3cc(C(F)(C(F)(F)F)C(F)(F)C(F)(F)F)ccc3F)cc2)c2c(N)ncnc21.O=C(O)C(F)(F)F. The number of hydrogen-bond donors (Lipinski definition) is 4. The third-order valence-electron chi connectivity index (χ3n) is 6.68. The predicted octanol–water partition coefficient (Wildman–Crippen LogP) is 8.60. The molecule has 0 saturated heterocycles. The van der Waals surface area contributed by atoms with Gasteiger partial charge in [-0.05, 0) is 43.7 Å². The van der Waals surface area contributed by atoms with Crippen LogP contribution in [0, 0.1) is 5.82 Å². The van der Waals surface area contributed by atoms with Gasteiger partial charge in [0.25, 0.3) is 0 Å². The molecule has 0 aliphatic carbocycles. The monoisotopic (exact) mass is 736 g/mol. The van der Waals surface area contributed by atoms with Gasteiger partial charge in [0.2, 0.25) is 0 Å².